The third kappa shape index (κ3) is 4.39. The zero-order valence-electron chi connectivity index (χ0n) is 12.1. The van der Waals surface area contributed by atoms with Gasteiger partial charge in [0.15, 0.2) is 0 Å². The number of carbonyl (C=O) groups is 1. The number of methoxy groups -OCH3 is 2. The van der Waals surface area contributed by atoms with Gasteiger partial charge in [0.25, 0.3) is 0 Å². The molecule has 0 unspecified atom stereocenters. The molecule has 0 aromatic heterocycles. The monoisotopic (exact) mass is 280 g/mol. The highest BCUT2D eigenvalue weighted by molar-refractivity contribution is 5.72. The first-order chi connectivity index (χ1) is 10.2. The fraction of sp³-hybridized carbons (Fsp3) is 0.167. The third-order valence-electron chi connectivity index (χ3n) is 2.97. The molecule has 0 aliphatic heterocycles. The molecule has 0 spiro atoms. The number of hydrogen-bond donors (Lipinski definition) is 0. The van der Waals surface area contributed by atoms with E-state index in [1.165, 1.54) is 7.11 Å². The van der Waals surface area contributed by atoms with Crippen LogP contribution in [0, 0.1) is 11.8 Å². The average molecular weight is 280 g/mol. The van der Waals surface area contributed by atoms with Crippen LogP contribution in [0.5, 0.6) is 5.75 Å². The molecule has 0 aliphatic rings. The molecule has 0 radical (unpaired) electrons. The minimum atomic E-state index is -0.243. The summed E-state index contributed by atoms with van der Waals surface area (Å²) < 4.78 is 9.73. The van der Waals surface area contributed by atoms with Crippen molar-refractivity contribution < 1.29 is 14.3 Å². The Hall–Kier alpha value is -2.73. The molecule has 3 heteroatoms. The fourth-order valence-electron chi connectivity index (χ4n) is 1.76. The Morgan fingerprint density at radius 2 is 1.43 bits per heavy atom. The SMILES string of the molecule is COC(=O)Cc1ccc(C#Cc2ccc(OC)cc2)cc1. The first kappa shape index (κ1) is 14.7. The molecule has 0 saturated carbocycles. The van der Waals surface area contributed by atoms with Gasteiger partial charge in [-0.2, -0.15) is 0 Å². The van der Waals surface area contributed by atoms with Gasteiger partial charge in [0.2, 0.25) is 0 Å². The number of esters is 1. The maximum atomic E-state index is 11.2. The second-order valence-corrected chi connectivity index (χ2v) is 4.43. The zero-order valence-corrected chi connectivity index (χ0v) is 12.1. The maximum absolute atomic E-state index is 11.2. The van der Waals surface area contributed by atoms with Crippen molar-refractivity contribution in [1.82, 2.24) is 0 Å². The van der Waals surface area contributed by atoms with Crippen LogP contribution in [0.15, 0.2) is 48.5 Å². The van der Waals surface area contributed by atoms with E-state index >= 15 is 0 Å². The lowest BCUT2D eigenvalue weighted by Crippen LogP contribution is -2.04. The second kappa shape index (κ2) is 7.16. The molecule has 2 rings (SSSR count). The van der Waals surface area contributed by atoms with E-state index in [9.17, 15) is 4.79 Å². The van der Waals surface area contributed by atoms with Gasteiger partial charge in [0, 0.05) is 11.1 Å². The maximum Gasteiger partial charge on any atom is 0.309 e. The summed E-state index contributed by atoms with van der Waals surface area (Å²) in [7, 11) is 3.02. The van der Waals surface area contributed by atoms with Crippen molar-refractivity contribution in [2.45, 2.75) is 6.42 Å². The Labute approximate surface area is 124 Å². The van der Waals surface area contributed by atoms with E-state index in [-0.39, 0.29) is 12.4 Å². The van der Waals surface area contributed by atoms with Crippen LogP contribution in [0.2, 0.25) is 0 Å². The molecular formula is C18H16O3. The summed E-state index contributed by atoms with van der Waals surface area (Å²) in [6.07, 6.45) is 0.280. The second-order valence-electron chi connectivity index (χ2n) is 4.43. The van der Waals surface area contributed by atoms with Gasteiger partial charge in [0.1, 0.15) is 5.75 Å². The summed E-state index contributed by atoms with van der Waals surface area (Å²) in [4.78, 5) is 11.2. The number of rotatable bonds is 3. The van der Waals surface area contributed by atoms with E-state index in [1.54, 1.807) is 7.11 Å². The zero-order chi connectivity index (χ0) is 15.1. The van der Waals surface area contributed by atoms with Crippen molar-refractivity contribution in [2.75, 3.05) is 14.2 Å². The van der Waals surface area contributed by atoms with Crippen molar-refractivity contribution in [2.24, 2.45) is 0 Å². The normalized spacial score (nSPS) is 9.43. The molecule has 21 heavy (non-hydrogen) atoms. The molecule has 0 amide bonds. The summed E-state index contributed by atoms with van der Waals surface area (Å²) >= 11 is 0. The lowest BCUT2D eigenvalue weighted by molar-refractivity contribution is -0.139. The summed E-state index contributed by atoms with van der Waals surface area (Å²) in [5, 5.41) is 0. The molecular weight excluding hydrogens is 264 g/mol. The Balaban J connectivity index is 2.06. The van der Waals surface area contributed by atoms with Crippen molar-refractivity contribution >= 4 is 5.97 Å². The van der Waals surface area contributed by atoms with Gasteiger partial charge in [0.05, 0.1) is 20.6 Å². The lowest BCUT2D eigenvalue weighted by atomic mass is 10.1. The summed E-state index contributed by atoms with van der Waals surface area (Å²) in [6, 6.07) is 15.1. The Bertz CT molecular complexity index is 658. The number of ether oxygens (including phenoxy) is 2. The quantitative estimate of drug-likeness (QED) is 0.640. The molecule has 0 aliphatic carbocycles. The van der Waals surface area contributed by atoms with Gasteiger partial charge in [-0.05, 0) is 42.0 Å². The van der Waals surface area contributed by atoms with Crippen LogP contribution >= 0.6 is 0 Å². The van der Waals surface area contributed by atoms with Crippen LogP contribution in [0.4, 0.5) is 0 Å². The number of carbonyl (C=O) groups excluding carboxylic acids is 1. The van der Waals surface area contributed by atoms with E-state index in [4.69, 9.17) is 4.74 Å². The van der Waals surface area contributed by atoms with Crippen LogP contribution < -0.4 is 4.74 Å². The van der Waals surface area contributed by atoms with E-state index in [0.717, 1.165) is 22.4 Å². The molecule has 2 aromatic carbocycles. The molecule has 2 aromatic rings. The molecule has 0 heterocycles. The van der Waals surface area contributed by atoms with Gasteiger partial charge in [-0.1, -0.05) is 24.0 Å². The average Bonchev–Trinajstić information content (AvgIpc) is 2.54. The minimum Gasteiger partial charge on any atom is -0.497 e. The van der Waals surface area contributed by atoms with E-state index in [0.29, 0.717) is 0 Å². The first-order valence-electron chi connectivity index (χ1n) is 6.53. The van der Waals surface area contributed by atoms with Gasteiger partial charge >= 0.3 is 5.97 Å². The summed E-state index contributed by atoms with van der Waals surface area (Å²) in [6.45, 7) is 0. The molecule has 0 N–H and O–H groups in total. The van der Waals surface area contributed by atoms with Crippen molar-refractivity contribution in [3.05, 3.63) is 65.2 Å². The Kier molecular flexibility index (Phi) is 5.00. The first-order valence-corrected chi connectivity index (χ1v) is 6.53. The molecule has 0 bridgehead atoms. The van der Waals surface area contributed by atoms with Crippen molar-refractivity contribution in [1.29, 1.82) is 0 Å². The van der Waals surface area contributed by atoms with Crippen LogP contribution in [0.3, 0.4) is 0 Å². The standard InChI is InChI=1S/C18H16O3/c1-20-17-11-9-15(10-12-17)4-3-14-5-7-16(8-6-14)13-18(19)21-2/h5-12H,13H2,1-2H3. The summed E-state index contributed by atoms with van der Waals surface area (Å²) in [5.74, 6) is 6.74. The smallest absolute Gasteiger partial charge is 0.309 e. The van der Waals surface area contributed by atoms with Crippen LogP contribution in [-0.4, -0.2) is 20.2 Å². The van der Waals surface area contributed by atoms with Crippen molar-refractivity contribution in [3.63, 3.8) is 0 Å². The van der Waals surface area contributed by atoms with Gasteiger partial charge in [-0.15, -0.1) is 0 Å². The molecule has 3 nitrogen and oxygen atoms in total. The Morgan fingerprint density at radius 3 is 1.90 bits per heavy atom. The molecule has 0 fully saturated rings. The van der Waals surface area contributed by atoms with Crippen LogP contribution in [0.25, 0.3) is 0 Å². The third-order valence-corrected chi connectivity index (χ3v) is 2.97. The van der Waals surface area contributed by atoms with Crippen LogP contribution in [0.1, 0.15) is 16.7 Å². The van der Waals surface area contributed by atoms with Gasteiger partial charge in [-0.25, -0.2) is 0 Å². The summed E-state index contributed by atoms with van der Waals surface area (Å²) in [5.41, 5.74) is 2.74. The molecule has 0 saturated heterocycles. The van der Waals surface area contributed by atoms with E-state index < -0.39 is 0 Å². The van der Waals surface area contributed by atoms with Gasteiger partial charge in [-0.3, -0.25) is 4.79 Å². The highest BCUT2D eigenvalue weighted by Gasteiger charge is 2.01. The van der Waals surface area contributed by atoms with Gasteiger partial charge < -0.3 is 9.47 Å². The van der Waals surface area contributed by atoms with Crippen LogP contribution in [-0.2, 0) is 16.0 Å². The molecule has 0 atom stereocenters. The number of hydrogen-bond acceptors (Lipinski definition) is 3. The highest BCUT2D eigenvalue weighted by atomic mass is 16.5. The largest absolute Gasteiger partial charge is 0.497 e. The molecule has 106 valence electrons. The Morgan fingerprint density at radius 1 is 0.905 bits per heavy atom. The predicted molar refractivity (Wildman–Crippen MR) is 81.1 cm³/mol. The lowest BCUT2D eigenvalue weighted by Gasteiger charge is -2.00. The van der Waals surface area contributed by atoms with E-state index in [1.807, 2.05) is 48.5 Å². The number of benzene rings is 2. The predicted octanol–water partition coefficient (Wildman–Crippen LogP) is 2.81. The topological polar surface area (TPSA) is 35.5 Å². The minimum absolute atomic E-state index is 0.243. The highest BCUT2D eigenvalue weighted by Crippen LogP contribution is 2.10. The van der Waals surface area contributed by atoms with E-state index in [2.05, 4.69) is 16.6 Å². The fourth-order valence-corrected chi connectivity index (χ4v) is 1.76. The van der Waals surface area contributed by atoms with Crippen molar-refractivity contribution in [3.8, 4) is 17.6 Å².